The van der Waals surface area contributed by atoms with Gasteiger partial charge >= 0.3 is 0 Å². The van der Waals surface area contributed by atoms with Crippen LogP contribution in [-0.4, -0.2) is 23.8 Å². The summed E-state index contributed by atoms with van der Waals surface area (Å²) in [6, 6.07) is 0. The molecular formula is C4H4N2OS2. The highest BCUT2D eigenvalue weighted by Gasteiger charge is 1.75. The van der Waals surface area contributed by atoms with E-state index in [0.717, 1.165) is 0 Å². The van der Waals surface area contributed by atoms with Crippen LogP contribution in [0.3, 0.4) is 0 Å². The molecule has 0 aromatic heterocycles. The van der Waals surface area contributed by atoms with Gasteiger partial charge in [0.2, 0.25) is 0 Å². The molecule has 0 aliphatic carbocycles. The number of rotatable bonds is 4. The number of hydrogen-bond acceptors (Lipinski definition) is 5. The molecule has 0 aliphatic rings. The van der Waals surface area contributed by atoms with Crippen LogP contribution in [0.15, 0.2) is 9.98 Å². The lowest BCUT2D eigenvalue weighted by Crippen LogP contribution is -1.89. The first-order valence-electron chi connectivity index (χ1n) is 2.07. The standard InChI is InChI=1S/C4H4N2OS2/c8-3-5-1-7-2-6-4-9/h1-2H2. The maximum Gasteiger partial charge on any atom is 0.150 e. The van der Waals surface area contributed by atoms with E-state index in [1.807, 2.05) is 0 Å². The molecule has 0 fully saturated rings. The third-order valence-electron chi connectivity index (χ3n) is 0.441. The van der Waals surface area contributed by atoms with Crippen molar-refractivity contribution in [3.8, 4) is 0 Å². The molecule has 0 heterocycles. The van der Waals surface area contributed by atoms with Crippen LogP contribution in [0, 0.1) is 0 Å². The Balaban J connectivity index is 3.09. The minimum absolute atomic E-state index is 0.185. The van der Waals surface area contributed by atoms with Crippen molar-refractivity contribution in [2.45, 2.75) is 0 Å². The predicted molar refractivity (Wildman–Crippen MR) is 40.9 cm³/mol. The monoisotopic (exact) mass is 160 g/mol. The van der Waals surface area contributed by atoms with Gasteiger partial charge in [-0.15, -0.1) is 0 Å². The van der Waals surface area contributed by atoms with Crippen LogP contribution in [0.2, 0.25) is 0 Å². The Morgan fingerprint density at radius 1 is 1.11 bits per heavy atom. The van der Waals surface area contributed by atoms with Crippen molar-refractivity contribution in [1.82, 2.24) is 0 Å². The average molecular weight is 160 g/mol. The summed E-state index contributed by atoms with van der Waals surface area (Å²) in [5.41, 5.74) is 0. The van der Waals surface area contributed by atoms with Crippen molar-refractivity contribution in [2.75, 3.05) is 13.5 Å². The topological polar surface area (TPSA) is 34.0 Å². The molecule has 9 heavy (non-hydrogen) atoms. The van der Waals surface area contributed by atoms with Gasteiger partial charge in [0.15, 0.2) is 0 Å². The lowest BCUT2D eigenvalue weighted by molar-refractivity contribution is 0.152. The van der Waals surface area contributed by atoms with Crippen molar-refractivity contribution < 1.29 is 4.74 Å². The van der Waals surface area contributed by atoms with Gasteiger partial charge in [-0.1, -0.05) is 0 Å². The van der Waals surface area contributed by atoms with Crippen LogP contribution in [0.5, 0.6) is 0 Å². The van der Waals surface area contributed by atoms with E-state index in [0.29, 0.717) is 0 Å². The molecule has 0 saturated heterocycles. The van der Waals surface area contributed by atoms with Crippen LogP contribution >= 0.6 is 24.4 Å². The zero-order valence-corrected chi connectivity index (χ0v) is 6.17. The second-order valence-corrected chi connectivity index (χ2v) is 1.33. The molecule has 48 valence electrons. The summed E-state index contributed by atoms with van der Waals surface area (Å²) in [5, 5.41) is 4.28. The van der Waals surface area contributed by atoms with Gasteiger partial charge in [-0.05, 0) is 24.4 Å². The molecule has 0 aliphatic heterocycles. The highest BCUT2D eigenvalue weighted by Crippen LogP contribution is 1.73. The van der Waals surface area contributed by atoms with E-state index in [2.05, 4.69) is 44.7 Å². The summed E-state index contributed by atoms with van der Waals surface area (Å²) >= 11 is 8.53. The largest absolute Gasteiger partial charge is 0.336 e. The smallest absolute Gasteiger partial charge is 0.150 e. The van der Waals surface area contributed by atoms with Crippen molar-refractivity contribution in [3.05, 3.63) is 0 Å². The van der Waals surface area contributed by atoms with E-state index >= 15 is 0 Å². The van der Waals surface area contributed by atoms with Crippen LogP contribution < -0.4 is 0 Å². The maximum absolute atomic E-state index is 4.72. The highest BCUT2D eigenvalue weighted by molar-refractivity contribution is 7.78. The Hall–Kier alpha value is -0.440. The molecule has 0 spiro atoms. The van der Waals surface area contributed by atoms with E-state index in [-0.39, 0.29) is 13.5 Å². The first-order valence-corrected chi connectivity index (χ1v) is 2.88. The Bertz CT molecular complexity index is 140. The summed E-state index contributed by atoms with van der Waals surface area (Å²) in [4.78, 5) is 6.93. The molecule has 0 bridgehead atoms. The molecule has 0 aromatic rings. The summed E-state index contributed by atoms with van der Waals surface area (Å²) in [6.45, 7) is 0.369. The van der Waals surface area contributed by atoms with Crippen molar-refractivity contribution >= 4 is 34.8 Å². The van der Waals surface area contributed by atoms with Gasteiger partial charge in [0.1, 0.15) is 13.5 Å². The number of ether oxygens (including phenoxy) is 1. The molecular weight excluding hydrogens is 156 g/mol. The second-order valence-electron chi connectivity index (χ2n) is 0.961. The Morgan fingerprint density at radius 2 is 1.56 bits per heavy atom. The van der Waals surface area contributed by atoms with Crippen molar-refractivity contribution in [1.29, 1.82) is 0 Å². The zero-order valence-electron chi connectivity index (χ0n) is 4.53. The number of nitrogens with zero attached hydrogens (tertiary/aromatic N) is 2. The number of isothiocyanates is 2. The van der Waals surface area contributed by atoms with Crippen LogP contribution in [0.25, 0.3) is 0 Å². The first kappa shape index (κ1) is 8.56. The molecule has 0 unspecified atom stereocenters. The normalized spacial score (nSPS) is 7.11. The zero-order chi connectivity index (χ0) is 6.95. The summed E-state index contributed by atoms with van der Waals surface area (Å²) in [7, 11) is 0. The third-order valence-corrected chi connectivity index (χ3v) is 0.699. The Labute approximate surface area is 63.5 Å². The fourth-order valence-electron chi connectivity index (χ4n) is 0.185. The average Bonchev–Trinajstić information content (AvgIpc) is 1.89. The minimum Gasteiger partial charge on any atom is -0.336 e. The first-order chi connectivity index (χ1) is 4.41. The Kier molecular flexibility index (Phi) is 7.19. The molecule has 0 amide bonds. The summed E-state index contributed by atoms with van der Waals surface area (Å²) in [6.07, 6.45) is 0. The van der Waals surface area contributed by atoms with Gasteiger partial charge < -0.3 is 4.74 Å². The fourth-order valence-corrected chi connectivity index (χ4v) is 0.290. The second kappa shape index (κ2) is 7.56. The van der Waals surface area contributed by atoms with Gasteiger partial charge in [0, 0.05) is 0 Å². The molecule has 3 nitrogen and oxygen atoms in total. The number of thiocarbonyl (C=S) groups is 2. The van der Waals surface area contributed by atoms with Gasteiger partial charge in [-0.25, -0.2) is 9.98 Å². The molecule has 0 saturated carbocycles. The van der Waals surface area contributed by atoms with Gasteiger partial charge in [0.25, 0.3) is 0 Å². The van der Waals surface area contributed by atoms with Gasteiger partial charge in [-0.2, -0.15) is 0 Å². The lowest BCUT2D eigenvalue weighted by atomic mass is 11.2. The molecule has 0 rings (SSSR count). The highest BCUT2D eigenvalue weighted by atomic mass is 32.1. The van der Waals surface area contributed by atoms with Gasteiger partial charge in [-0.3, -0.25) is 0 Å². The van der Waals surface area contributed by atoms with Crippen LogP contribution in [0.4, 0.5) is 0 Å². The summed E-state index contributed by atoms with van der Waals surface area (Å²) in [5.74, 6) is 0. The lowest BCUT2D eigenvalue weighted by Gasteiger charge is -1.88. The molecule has 0 N–H and O–H groups in total. The molecule has 0 radical (unpaired) electrons. The van der Waals surface area contributed by atoms with E-state index in [1.165, 1.54) is 0 Å². The number of hydrogen-bond donors (Lipinski definition) is 0. The molecule has 0 aromatic carbocycles. The molecule has 5 heteroatoms. The van der Waals surface area contributed by atoms with Crippen molar-refractivity contribution in [2.24, 2.45) is 9.98 Å². The fraction of sp³-hybridized carbons (Fsp3) is 0.500. The van der Waals surface area contributed by atoms with E-state index in [1.54, 1.807) is 0 Å². The predicted octanol–water partition coefficient (Wildman–Crippen LogP) is 1.12. The maximum atomic E-state index is 4.72. The van der Waals surface area contributed by atoms with Gasteiger partial charge in [0.05, 0.1) is 10.3 Å². The van der Waals surface area contributed by atoms with E-state index < -0.39 is 0 Å². The SMILES string of the molecule is S=C=NCOCN=C=S. The third kappa shape index (κ3) is 7.56. The molecule has 0 atom stereocenters. The van der Waals surface area contributed by atoms with Crippen LogP contribution in [0.1, 0.15) is 0 Å². The van der Waals surface area contributed by atoms with Crippen LogP contribution in [-0.2, 0) is 4.74 Å². The summed E-state index contributed by atoms with van der Waals surface area (Å²) < 4.78 is 4.72. The number of aliphatic imine (C=N–C) groups is 2. The van der Waals surface area contributed by atoms with E-state index in [4.69, 9.17) is 4.74 Å². The minimum atomic E-state index is 0.185. The quantitative estimate of drug-likeness (QED) is 0.351. The van der Waals surface area contributed by atoms with Crippen molar-refractivity contribution in [3.63, 3.8) is 0 Å². The Morgan fingerprint density at radius 3 is 1.89 bits per heavy atom. The van der Waals surface area contributed by atoms with E-state index in [9.17, 15) is 0 Å².